The van der Waals surface area contributed by atoms with Crippen LogP contribution in [0.25, 0.3) is 0 Å². The summed E-state index contributed by atoms with van der Waals surface area (Å²) in [5.41, 5.74) is 4.00. The molecule has 0 aliphatic heterocycles. The largest absolute Gasteiger partial charge is 0.271 e. The lowest BCUT2D eigenvalue weighted by molar-refractivity contribution is 0.454. The molecule has 1 aromatic carbocycles. The molecule has 1 aliphatic carbocycles. The fourth-order valence-corrected chi connectivity index (χ4v) is 2.12. The first kappa shape index (κ1) is 10.6. The summed E-state index contributed by atoms with van der Waals surface area (Å²) in [6, 6.07) is 6.98. The van der Waals surface area contributed by atoms with Crippen LogP contribution in [0.1, 0.15) is 18.9 Å². The minimum absolute atomic E-state index is 0.184. The van der Waals surface area contributed by atoms with Crippen LogP contribution in [0.15, 0.2) is 24.3 Å². The van der Waals surface area contributed by atoms with E-state index < -0.39 is 0 Å². The number of benzene rings is 1. The summed E-state index contributed by atoms with van der Waals surface area (Å²) in [5.74, 6) is 6.80. The summed E-state index contributed by atoms with van der Waals surface area (Å²) in [6.07, 6.45) is 2.13. The van der Waals surface area contributed by atoms with Crippen molar-refractivity contribution in [2.45, 2.75) is 25.8 Å². The molecule has 82 valence electrons. The fraction of sp³-hybridized carbons (Fsp3) is 0.500. The van der Waals surface area contributed by atoms with Crippen molar-refractivity contribution in [2.24, 2.45) is 17.7 Å². The third-order valence-electron chi connectivity index (χ3n) is 3.27. The second-order valence-electron chi connectivity index (χ2n) is 4.48. The molecule has 3 unspecified atom stereocenters. The summed E-state index contributed by atoms with van der Waals surface area (Å²) < 4.78 is 12.7. The molecule has 15 heavy (non-hydrogen) atoms. The minimum Gasteiger partial charge on any atom is -0.271 e. The van der Waals surface area contributed by atoms with Gasteiger partial charge in [-0.1, -0.05) is 19.1 Å². The zero-order valence-electron chi connectivity index (χ0n) is 8.91. The van der Waals surface area contributed by atoms with E-state index in [2.05, 4.69) is 12.3 Å². The molecule has 2 rings (SSSR count). The molecule has 1 fully saturated rings. The van der Waals surface area contributed by atoms with Gasteiger partial charge in [0, 0.05) is 6.04 Å². The number of nitrogens with two attached hydrogens (primary N) is 1. The van der Waals surface area contributed by atoms with Crippen molar-refractivity contribution in [3.63, 3.8) is 0 Å². The summed E-state index contributed by atoms with van der Waals surface area (Å²) in [7, 11) is 0. The highest BCUT2D eigenvalue weighted by atomic mass is 19.1. The fourth-order valence-electron chi connectivity index (χ4n) is 2.12. The van der Waals surface area contributed by atoms with Gasteiger partial charge in [0.25, 0.3) is 0 Å². The molecule has 1 saturated carbocycles. The van der Waals surface area contributed by atoms with Crippen molar-refractivity contribution in [3.8, 4) is 0 Å². The number of rotatable bonds is 4. The first-order valence-corrected chi connectivity index (χ1v) is 5.41. The van der Waals surface area contributed by atoms with E-state index >= 15 is 0 Å². The Hall–Kier alpha value is -0.930. The van der Waals surface area contributed by atoms with Crippen LogP contribution in [0.3, 0.4) is 0 Å². The van der Waals surface area contributed by atoms with E-state index in [4.69, 9.17) is 5.84 Å². The summed E-state index contributed by atoms with van der Waals surface area (Å²) in [4.78, 5) is 0. The van der Waals surface area contributed by atoms with Gasteiger partial charge in [-0.2, -0.15) is 0 Å². The molecule has 0 radical (unpaired) electrons. The Kier molecular flexibility index (Phi) is 3.03. The molecule has 3 atom stereocenters. The Balaban J connectivity index is 1.97. The van der Waals surface area contributed by atoms with Gasteiger partial charge >= 0.3 is 0 Å². The number of hydrogen-bond donors (Lipinski definition) is 2. The third kappa shape index (κ3) is 2.55. The number of halogens is 1. The topological polar surface area (TPSA) is 38.0 Å². The van der Waals surface area contributed by atoms with Crippen LogP contribution in [-0.4, -0.2) is 6.04 Å². The van der Waals surface area contributed by atoms with Crippen LogP contribution >= 0.6 is 0 Å². The van der Waals surface area contributed by atoms with Crippen LogP contribution in [0.2, 0.25) is 0 Å². The van der Waals surface area contributed by atoms with Crippen LogP contribution in [0, 0.1) is 17.7 Å². The molecule has 3 heteroatoms. The first-order valence-electron chi connectivity index (χ1n) is 5.41. The van der Waals surface area contributed by atoms with Crippen LogP contribution in [-0.2, 0) is 6.42 Å². The van der Waals surface area contributed by atoms with Gasteiger partial charge in [-0.3, -0.25) is 11.3 Å². The highest BCUT2D eigenvalue weighted by Crippen LogP contribution is 2.41. The Labute approximate surface area is 89.6 Å². The van der Waals surface area contributed by atoms with Gasteiger partial charge in [0.2, 0.25) is 0 Å². The van der Waals surface area contributed by atoms with E-state index in [1.165, 1.54) is 18.6 Å². The Morgan fingerprint density at radius 2 is 2.07 bits per heavy atom. The smallest absolute Gasteiger partial charge is 0.123 e. The molecule has 0 spiro atoms. The van der Waals surface area contributed by atoms with Gasteiger partial charge in [-0.25, -0.2) is 4.39 Å². The van der Waals surface area contributed by atoms with Crippen LogP contribution in [0.4, 0.5) is 4.39 Å². The number of hydrazine groups is 1. The molecule has 1 aliphatic rings. The molecule has 0 aromatic heterocycles. The van der Waals surface area contributed by atoms with E-state index in [0.717, 1.165) is 17.9 Å². The SMILES string of the molecule is CC1CC1C(Cc1ccc(F)cc1)NN. The average molecular weight is 208 g/mol. The molecule has 0 heterocycles. The van der Waals surface area contributed by atoms with Gasteiger partial charge in [-0.05, 0) is 42.4 Å². The van der Waals surface area contributed by atoms with E-state index in [1.807, 2.05) is 12.1 Å². The van der Waals surface area contributed by atoms with Gasteiger partial charge in [0.15, 0.2) is 0 Å². The second-order valence-corrected chi connectivity index (χ2v) is 4.48. The lowest BCUT2D eigenvalue weighted by Crippen LogP contribution is -2.38. The van der Waals surface area contributed by atoms with Crippen molar-refractivity contribution in [2.75, 3.05) is 0 Å². The van der Waals surface area contributed by atoms with E-state index in [9.17, 15) is 4.39 Å². The van der Waals surface area contributed by atoms with Gasteiger partial charge < -0.3 is 0 Å². The maximum Gasteiger partial charge on any atom is 0.123 e. The van der Waals surface area contributed by atoms with Crippen molar-refractivity contribution in [3.05, 3.63) is 35.6 Å². The standard InChI is InChI=1S/C12H17FN2/c1-8-6-11(8)12(15-14)7-9-2-4-10(13)5-3-9/h2-5,8,11-12,15H,6-7,14H2,1H3. The Morgan fingerprint density at radius 3 is 2.53 bits per heavy atom. The van der Waals surface area contributed by atoms with Gasteiger partial charge in [0.05, 0.1) is 0 Å². The van der Waals surface area contributed by atoms with E-state index in [1.54, 1.807) is 0 Å². The molecule has 0 amide bonds. The van der Waals surface area contributed by atoms with Crippen LogP contribution in [0.5, 0.6) is 0 Å². The lowest BCUT2D eigenvalue weighted by Gasteiger charge is -2.15. The quantitative estimate of drug-likeness (QED) is 0.585. The zero-order valence-corrected chi connectivity index (χ0v) is 8.91. The molecule has 2 nitrogen and oxygen atoms in total. The average Bonchev–Trinajstić information content (AvgIpc) is 2.95. The zero-order chi connectivity index (χ0) is 10.8. The molecular formula is C12H17FN2. The van der Waals surface area contributed by atoms with Gasteiger partial charge in [0.1, 0.15) is 5.82 Å². The van der Waals surface area contributed by atoms with Gasteiger partial charge in [-0.15, -0.1) is 0 Å². The highest BCUT2D eigenvalue weighted by Gasteiger charge is 2.38. The predicted octanol–water partition coefficient (Wildman–Crippen LogP) is 1.86. The predicted molar refractivity (Wildman–Crippen MR) is 58.5 cm³/mol. The second kappa shape index (κ2) is 4.29. The van der Waals surface area contributed by atoms with E-state index in [0.29, 0.717) is 12.0 Å². The summed E-state index contributed by atoms with van der Waals surface area (Å²) in [5, 5.41) is 0. The minimum atomic E-state index is -0.184. The van der Waals surface area contributed by atoms with E-state index in [-0.39, 0.29) is 5.82 Å². The van der Waals surface area contributed by atoms with Crippen molar-refractivity contribution >= 4 is 0 Å². The molecule has 1 aromatic rings. The Bertz CT molecular complexity index is 323. The summed E-state index contributed by atoms with van der Waals surface area (Å²) >= 11 is 0. The number of hydrogen-bond acceptors (Lipinski definition) is 2. The molecule has 0 saturated heterocycles. The molecule has 0 bridgehead atoms. The van der Waals surface area contributed by atoms with Crippen molar-refractivity contribution < 1.29 is 4.39 Å². The maximum atomic E-state index is 12.7. The van der Waals surface area contributed by atoms with Crippen LogP contribution < -0.4 is 11.3 Å². The molecule has 3 N–H and O–H groups in total. The van der Waals surface area contributed by atoms with Crippen molar-refractivity contribution in [1.82, 2.24) is 5.43 Å². The molecular weight excluding hydrogens is 191 g/mol. The summed E-state index contributed by atoms with van der Waals surface area (Å²) in [6.45, 7) is 2.24. The number of nitrogens with one attached hydrogen (secondary N) is 1. The normalized spacial score (nSPS) is 26.3. The Morgan fingerprint density at radius 1 is 1.47 bits per heavy atom. The first-order chi connectivity index (χ1) is 7.20. The lowest BCUT2D eigenvalue weighted by atomic mass is 10.0. The third-order valence-corrected chi connectivity index (χ3v) is 3.27. The monoisotopic (exact) mass is 208 g/mol. The highest BCUT2D eigenvalue weighted by molar-refractivity contribution is 5.18. The maximum absolute atomic E-state index is 12.7. The van der Waals surface area contributed by atoms with Crippen molar-refractivity contribution in [1.29, 1.82) is 0 Å².